The Hall–Kier alpha value is -1.11. The Labute approximate surface area is 90.6 Å². The Kier molecular flexibility index (Phi) is 2.88. The van der Waals surface area contributed by atoms with Gasteiger partial charge < -0.3 is 10.3 Å². The summed E-state index contributed by atoms with van der Waals surface area (Å²) in [5.74, 6) is -0.867. The Morgan fingerprint density at radius 2 is 2.12 bits per heavy atom. The first kappa shape index (κ1) is 11.4. The molecule has 0 bridgehead atoms. The molecule has 4 nitrogen and oxygen atoms in total. The zero-order chi connectivity index (χ0) is 11.8. The lowest BCUT2D eigenvalue weighted by molar-refractivity contribution is -0.156. The number of alkyl halides is 3. The highest BCUT2D eigenvalue weighted by atomic mass is 19.4. The van der Waals surface area contributed by atoms with Crippen molar-refractivity contribution in [1.29, 1.82) is 0 Å². The maximum atomic E-state index is 12.7. The van der Waals surface area contributed by atoms with Gasteiger partial charge in [-0.3, -0.25) is 0 Å². The quantitative estimate of drug-likeness (QED) is 0.837. The molecule has 16 heavy (non-hydrogen) atoms. The van der Waals surface area contributed by atoms with Crippen LogP contribution in [0.4, 0.5) is 13.2 Å². The number of rotatable bonds is 2. The number of nitrogens with two attached hydrogens (primary N) is 1. The third-order valence-corrected chi connectivity index (χ3v) is 2.81. The summed E-state index contributed by atoms with van der Waals surface area (Å²) in [5.41, 5.74) is 5.37. The lowest BCUT2D eigenvalue weighted by Gasteiger charge is -2.25. The molecule has 7 heteroatoms. The van der Waals surface area contributed by atoms with Crippen molar-refractivity contribution in [3.63, 3.8) is 0 Å². The monoisotopic (exact) mass is 234 g/mol. The highest BCUT2D eigenvalue weighted by Gasteiger charge is 2.45. The predicted octanol–water partition coefficient (Wildman–Crippen LogP) is 1.22. The highest BCUT2D eigenvalue weighted by Crippen LogP contribution is 2.40. The molecule has 1 aromatic heterocycles. The molecule has 0 fully saturated rings. The molecule has 0 saturated heterocycles. The van der Waals surface area contributed by atoms with Crippen molar-refractivity contribution in [3.8, 4) is 0 Å². The van der Waals surface area contributed by atoms with Crippen molar-refractivity contribution in [2.45, 2.75) is 37.9 Å². The minimum absolute atomic E-state index is 0.0437. The summed E-state index contributed by atoms with van der Waals surface area (Å²) in [6.45, 7) is 0.930. The number of fused-ring (bicyclic) bond motifs is 1. The van der Waals surface area contributed by atoms with E-state index in [4.69, 9.17) is 5.73 Å². The van der Waals surface area contributed by atoms with Crippen LogP contribution >= 0.6 is 0 Å². The molecule has 1 aromatic rings. The largest absolute Gasteiger partial charge is 0.398 e. The van der Waals surface area contributed by atoms with Crippen LogP contribution in [-0.4, -0.2) is 27.5 Å². The second kappa shape index (κ2) is 4.04. The molecule has 0 saturated carbocycles. The SMILES string of the molecule is NCCc1nnc2n1CCCC2C(F)(F)F. The fourth-order valence-corrected chi connectivity index (χ4v) is 2.06. The van der Waals surface area contributed by atoms with Gasteiger partial charge in [0.25, 0.3) is 0 Å². The molecule has 0 radical (unpaired) electrons. The molecule has 2 heterocycles. The summed E-state index contributed by atoms with van der Waals surface area (Å²) in [5, 5.41) is 7.44. The van der Waals surface area contributed by atoms with Gasteiger partial charge >= 0.3 is 6.18 Å². The average molecular weight is 234 g/mol. The lowest BCUT2D eigenvalue weighted by atomic mass is 9.98. The number of nitrogens with zero attached hydrogens (tertiary/aromatic N) is 3. The van der Waals surface area contributed by atoms with Gasteiger partial charge in [-0.2, -0.15) is 13.2 Å². The van der Waals surface area contributed by atoms with Crippen LogP contribution < -0.4 is 5.73 Å². The third-order valence-electron chi connectivity index (χ3n) is 2.81. The summed E-state index contributed by atoms with van der Waals surface area (Å²) in [7, 11) is 0. The molecular formula is C9H13F3N4. The number of halogens is 3. The summed E-state index contributed by atoms with van der Waals surface area (Å²) in [6, 6.07) is 0. The molecule has 2 rings (SSSR count). The normalized spacial score (nSPS) is 20.9. The minimum atomic E-state index is -4.23. The Bertz CT molecular complexity index is 371. The van der Waals surface area contributed by atoms with E-state index in [0.29, 0.717) is 31.8 Å². The molecule has 1 aliphatic heterocycles. The molecule has 0 aliphatic carbocycles. The van der Waals surface area contributed by atoms with E-state index in [9.17, 15) is 13.2 Å². The zero-order valence-corrected chi connectivity index (χ0v) is 8.67. The molecule has 0 spiro atoms. The fraction of sp³-hybridized carbons (Fsp3) is 0.778. The summed E-state index contributed by atoms with van der Waals surface area (Å²) >= 11 is 0. The van der Waals surface area contributed by atoms with Crippen LogP contribution in [0.5, 0.6) is 0 Å². The van der Waals surface area contributed by atoms with Crippen LogP contribution in [0.1, 0.15) is 30.4 Å². The smallest absolute Gasteiger partial charge is 0.330 e. The van der Waals surface area contributed by atoms with Crippen LogP contribution in [0.15, 0.2) is 0 Å². The van der Waals surface area contributed by atoms with E-state index in [2.05, 4.69) is 10.2 Å². The van der Waals surface area contributed by atoms with Crippen molar-refractivity contribution >= 4 is 0 Å². The second-order valence-corrected chi connectivity index (χ2v) is 3.90. The van der Waals surface area contributed by atoms with Gasteiger partial charge in [0.1, 0.15) is 17.6 Å². The standard InChI is InChI=1S/C9H13F3N4/c10-9(11,12)6-2-1-5-16-7(3-4-13)14-15-8(6)16/h6H,1-5,13H2. The lowest BCUT2D eigenvalue weighted by Crippen LogP contribution is -2.29. The highest BCUT2D eigenvalue weighted by molar-refractivity contribution is 5.07. The van der Waals surface area contributed by atoms with Gasteiger partial charge in [0.05, 0.1) is 0 Å². The predicted molar refractivity (Wildman–Crippen MR) is 50.8 cm³/mol. The van der Waals surface area contributed by atoms with Gasteiger partial charge in [-0.25, -0.2) is 0 Å². The van der Waals surface area contributed by atoms with Gasteiger partial charge in [-0.05, 0) is 19.4 Å². The number of hydrogen-bond donors (Lipinski definition) is 1. The van der Waals surface area contributed by atoms with Crippen molar-refractivity contribution < 1.29 is 13.2 Å². The average Bonchev–Trinajstić information content (AvgIpc) is 2.61. The van der Waals surface area contributed by atoms with Gasteiger partial charge in [0, 0.05) is 13.0 Å². The van der Waals surface area contributed by atoms with Crippen LogP contribution in [-0.2, 0) is 13.0 Å². The van der Waals surface area contributed by atoms with E-state index in [1.54, 1.807) is 4.57 Å². The van der Waals surface area contributed by atoms with Crippen molar-refractivity contribution in [3.05, 3.63) is 11.6 Å². The molecule has 90 valence electrons. The Balaban J connectivity index is 2.33. The first-order valence-electron chi connectivity index (χ1n) is 5.23. The Morgan fingerprint density at radius 3 is 2.75 bits per heavy atom. The summed E-state index contributed by atoms with van der Waals surface area (Å²) < 4.78 is 39.7. The first-order chi connectivity index (χ1) is 7.54. The van der Waals surface area contributed by atoms with E-state index >= 15 is 0 Å². The maximum absolute atomic E-state index is 12.7. The number of aromatic nitrogens is 3. The zero-order valence-electron chi connectivity index (χ0n) is 8.67. The third kappa shape index (κ3) is 1.91. The first-order valence-corrected chi connectivity index (χ1v) is 5.23. The van der Waals surface area contributed by atoms with Crippen LogP contribution in [0.2, 0.25) is 0 Å². The molecule has 1 aliphatic rings. The van der Waals surface area contributed by atoms with Crippen LogP contribution in [0.25, 0.3) is 0 Å². The fourth-order valence-electron chi connectivity index (χ4n) is 2.06. The summed E-state index contributed by atoms with van der Waals surface area (Å²) in [4.78, 5) is 0. The Morgan fingerprint density at radius 1 is 1.38 bits per heavy atom. The minimum Gasteiger partial charge on any atom is -0.330 e. The van der Waals surface area contributed by atoms with Gasteiger partial charge in [0.2, 0.25) is 0 Å². The van der Waals surface area contributed by atoms with Crippen molar-refractivity contribution in [2.24, 2.45) is 5.73 Å². The van der Waals surface area contributed by atoms with E-state index in [1.165, 1.54) is 0 Å². The van der Waals surface area contributed by atoms with Gasteiger partial charge in [-0.15, -0.1) is 10.2 Å². The van der Waals surface area contributed by atoms with Gasteiger partial charge in [0.15, 0.2) is 0 Å². The van der Waals surface area contributed by atoms with E-state index < -0.39 is 12.1 Å². The molecule has 1 unspecified atom stereocenters. The van der Waals surface area contributed by atoms with Crippen molar-refractivity contribution in [1.82, 2.24) is 14.8 Å². The van der Waals surface area contributed by atoms with E-state index in [1.807, 2.05) is 0 Å². The molecular weight excluding hydrogens is 221 g/mol. The second-order valence-electron chi connectivity index (χ2n) is 3.90. The van der Waals surface area contributed by atoms with Crippen LogP contribution in [0, 0.1) is 0 Å². The van der Waals surface area contributed by atoms with Crippen molar-refractivity contribution in [2.75, 3.05) is 6.54 Å². The van der Waals surface area contributed by atoms with E-state index in [0.717, 1.165) is 0 Å². The molecule has 0 amide bonds. The summed E-state index contributed by atoms with van der Waals surface area (Å²) in [6.07, 6.45) is -3.15. The maximum Gasteiger partial charge on any atom is 0.398 e. The van der Waals surface area contributed by atoms with E-state index in [-0.39, 0.29) is 12.2 Å². The van der Waals surface area contributed by atoms with Gasteiger partial charge in [-0.1, -0.05) is 0 Å². The van der Waals surface area contributed by atoms with Crippen LogP contribution in [0.3, 0.4) is 0 Å². The molecule has 2 N–H and O–H groups in total. The molecule has 1 atom stereocenters. The molecule has 0 aromatic carbocycles. The topological polar surface area (TPSA) is 56.7 Å². The number of hydrogen-bond acceptors (Lipinski definition) is 3.